The summed E-state index contributed by atoms with van der Waals surface area (Å²) in [6.07, 6.45) is 3.78. The Morgan fingerprint density at radius 2 is 2.16 bits per heavy atom. The molecule has 5 heteroatoms. The van der Waals surface area contributed by atoms with Crippen LogP contribution in [-0.4, -0.2) is 48.5 Å². The maximum absolute atomic E-state index is 11.7. The Hall–Kier alpha value is -1.62. The molecule has 1 aliphatic heterocycles. The molecule has 0 aromatic carbocycles. The van der Waals surface area contributed by atoms with Crippen LogP contribution in [0.4, 0.5) is 5.82 Å². The number of nitrogens with two attached hydrogens (primary N) is 1. The summed E-state index contributed by atoms with van der Waals surface area (Å²) in [5.74, 6) is 0.870. The first-order valence-electron chi connectivity index (χ1n) is 6.67. The van der Waals surface area contributed by atoms with Gasteiger partial charge in [0.1, 0.15) is 5.82 Å². The molecule has 2 N–H and O–H groups in total. The van der Waals surface area contributed by atoms with Crippen molar-refractivity contribution in [2.75, 3.05) is 32.1 Å². The largest absolute Gasteiger partial charge is 0.353 e. The molecule has 0 bridgehead atoms. The first kappa shape index (κ1) is 13.8. The van der Waals surface area contributed by atoms with Crippen molar-refractivity contribution in [3.8, 4) is 0 Å². The third-order valence-corrected chi connectivity index (χ3v) is 3.48. The maximum Gasteiger partial charge on any atom is 0.254 e. The Morgan fingerprint density at radius 1 is 1.47 bits per heavy atom. The SMILES string of the molecule is CCCC1(N)CN(c2ccc(C(=O)N(C)C)cn2)C1. The zero-order valence-electron chi connectivity index (χ0n) is 11.9. The van der Waals surface area contributed by atoms with Crippen LogP contribution in [0.25, 0.3) is 0 Å². The van der Waals surface area contributed by atoms with Crippen molar-refractivity contribution in [3.63, 3.8) is 0 Å². The van der Waals surface area contributed by atoms with Gasteiger partial charge in [0.2, 0.25) is 0 Å². The zero-order chi connectivity index (χ0) is 14.0. The minimum atomic E-state index is -0.0610. The second kappa shape index (κ2) is 5.17. The topological polar surface area (TPSA) is 62.5 Å². The van der Waals surface area contributed by atoms with Crippen molar-refractivity contribution in [2.24, 2.45) is 5.73 Å². The van der Waals surface area contributed by atoms with Gasteiger partial charge in [-0.2, -0.15) is 0 Å². The summed E-state index contributed by atoms with van der Waals surface area (Å²) < 4.78 is 0. The number of amides is 1. The van der Waals surface area contributed by atoms with E-state index in [9.17, 15) is 4.79 Å². The molecule has 2 rings (SSSR count). The fraction of sp³-hybridized carbons (Fsp3) is 0.571. The third kappa shape index (κ3) is 2.87. The molecule has 0 radical (unpaired) electrons. The van der Waals surface area contributed by atoms with Crippen LogP contribution in [0.1, 0.15) is 30.1 Å². The van der Waals surface area contributed by atoms with Crippen molar-refractivity contribution < 1.29 is 4.79 Å². The molecule has 0 saturated carbocycles. The van der Waals surface area contributed by atoms with Crippen LogP contribution < -0.4 is 10.6 Å². The van der Waals surface area contributed by atoms with Gasteiger partial charge in [-0.05, 0) is 18.6 Å². The first-order valence-corrected chi connectivity index (χ1v) is 6.67. The van der Waals surface area contributed by atoms with E-state index in [1.54, 1.807) is 25.2 Å². The molecule has 1 fully saturated rings. The van der Waals surface area contributed by atoms with E-state index in [0.717, 1.165) is 31.7 Å². The van der Waals surface area contributed by atoms with Gasteiger partial charge in [-0.15, -0.1) is 0 Å². The van der Waals surface area contributed by atoms with Crippen LogP contribution in [-0.2, 0) is 0 Å². The number of rotatable bonds is 4. The number of hydrogen-bond acceptors (Lipinski definition) is 4. The van der Waals surface area contributed by atoms with E-state index in [4.69, 9.17) is 5.73 Å². The number of anilines is 1. The third-order valence-electron chi connectivity index (χ3n) is 3.48. The van der Waals surface area contributed by atoms with Gasteiger partial charge < -0.3 is 15.5 Å². The molecule has 1 aromatic heterocycles. The van der Waals surface area contributed by atoms with Gasteiger partial charge in [-0.25, -0.2) is 4.98 Å². The summed E-state index contributed by atoms with van der Waals surface area (Å²) in [5.41, 5.74) is 6.78. The molecular weight excluding hydrogens is 240 g/mol. The fourth-order valence-corrected chi connectivity index (χ4v) is 2.49. The van der Waals surface area contributed by atoms with Crippen molar-refractivity contribution in [3.05, 3.63) is 23.9 Å². The summed E-state index contributed by atoms with van der Waals surface area (Å²) in [4.78, 5) is 19.8. The molecule has 1 aromatic rings. The summed E-state index contributed by atoms with van der Waals surface area (Å²) in [6, 6.07) is 3.71. The van der Waals surface area contributed by atoms with E-state index in [2.05, 4.69) is 16.8 Å². The number of nitrogens with zero attached hydrogens (tertiary/aromatic N) is 3. The molecule has 1 saturated heterocycles. The van der Waals surface area contributed by atoms with Gasteiger partial charge >= 0.3 is 0 Å². The van der Waals surface area contributed by atoms with E-state index in [1.807, 2.05) is 12.1 Å². The lowest BCUT2D eigenvalue weighted by molar-refractivity contribution is 0.0827. The monoisotopic (exact) mass is 262 g/mol. The van der Waals surface area contributed by atoms with Crippen molar-refractivity contribution in [2.45, 2.75) is 25.3 Å². The molecular formula is C14H22N4O. The second-order valence-corrected chi connectivity index (χ2v) is 5.57. The minimum absolute atomic E-state index is 0.0261. The smallest absolute Gasteiger partial charge is 0.254 e. The van der Waals surface area contributed by atoms with E-state index >= 15 is 0 Å². The molecule has 1 aliphatic rings. The predicted molar refractivity (Wildman–Crippen MR) is 76.3 cm³/mol. The number of carbonyl (C=O) groups is 1. The lowest BCUT2D eigenvalue weighted by atomic mass is 9.86. The minimum Gasteiger partial charge on any atom is -0.353 e. The molecule has 5 nitrogen and oxygen atoms in total. The average Bonchev–Trinajstić information content (AvgIpc) is 2.35. The van der Waals surface area contributed by atoms with Crippen LogP contribution >= 0.6 is 0 Å². The van der Waals surface area contributed by atoms with Crippen LogP contribution in [0, 0.1) is 0 Å². The number of carbonyl (C=O) groups excluding carboxylic acids is 1. The Labute approximate surface area is 114 Å². The summed E-state index contributed by atoms with van der Waals surface area (Å²) in [5, 5.41) is 0. The van der Waals surface area contributed by atoms with Crippen LogP contribution in [0.2, 0.25) is 0 Å². The van der Waals surface area contributed by atoms with Crippen molar-refractivity contribution in [1.29, 1.82) is 0 Å². The maximum atomic E-state index is 11.7. The molecule has 19 heavy (non-hydrogen) atoms. The van der Waals surface area contributed by atoms with Gasteiger partial charge in [-0.3, -0.25) is 4.79 Å². The Balaban J connectivity index is 1.99. The number of aromatic nitrogens is 1. The van der Waals surface area contributed by atoms with Gasteiger partial charge in [0, 0.05) is 33.4 Å². The number of hydrogen-bond donors (Lipinski definition) is 1. The quantitative estimate of drug-likeness (QED) is 0.882. The van der Waals surface area contributed by atoms with Gasteiger partial charge in [0.05, 0.1) is 11.1 Å². The lowest BCUT2D eigenvalue weighted by Gasteiger charge is -2.48. The highest BCUT2D eigenvalue weighted by Gasteiger charge is 2.39. The van der Waals surface area contributed by atoms with Crippen molar-refractivity contribution in [1.82, 2.24) is 9.88 Å². The normalized spacial score (nSPS) is 16.9. The Morgan fingerprint density at radius 3 is 2.63 bits per heavy atom. The van der Waals surface area contributed by atoms with Gasteiger partial charge in [0.25, 0.3) is 5.91 Å². The molecule has 104 valence electrons. The highest BCUT2D eigenvalue weighted by Crippen LogP contribution is 2.27. The van der Waals surface area contributed by atoms with Gasteiger partial charge in [0.15, 0.2) is 0 Å². The second-order valence-electron chi connectivity index (χ2n) is 5.57. The summed E-state index contributed by atoms with van der Waals surface area (Å²) >= 11 is 0. The molecule has 0 atom stereocenters. The van der Waals surface area contributed by atoms with E-state index in [1.165, 1.54) is 0 Å². The standard InChI is InChI=1S/C14H22N4O/c1-4-7-14(15)9-18(10-14)12-6-5-11(8-16-12)13(19)17(2)3/h5-6,8H,4,7,9-10,15H2,1-3H3. The van der Waals surface area contributed by atoms with Gasteiger partial charge in [-0.1, -0.05) is 13.3 Å². The van der Waals surface area contributed by atoms with Crippen LogP contribution in [0.5, 0.6) is 0 Å². The van der Waals surface area contributed by atoms with E-state index in [-0.39, 0.29) is 11.4 Å². The molecule has 0 unspecified atom stereocenters. The van der Waals surface area contributed by atoms with Crippen molar-refractivity contribution >= 4 is 11.7 Å². The molecule has 0 spiro atoms. The van der Waals surface area contributed by atoms with Crippen LogP contribution in [0.3, 0.4) is 0 Å². The van der Waals surface area contributed by atoms with E-state index < -0.39 is 0 Å². The first-order chi connectivity index (χ1) is 8.95. The molecule has 2 heterocycles. The lowest BCUT2D eigenvalue weighted by Crippen LogP contribution is -2.67. The average molecular weight is 262 g/mol. The fourth-order valence-electron chi connectivity index (χ4n) is 2.49. The van der Waals surface area contributed by atoms with Crippen LogP contribution in [0.15, 0.2) is 18.3 Å². The zero-order valence-corrected chi connectivity index (χ0v) is 11.9. The Kier molecular flexibility index (Phi) is 3.75. The Bertz CT molecular complexity index is 449. The summed E-state index contributed by atoms with van der Waals surface area (Å²) in [6.45, 7) is 3.83. The summed E-state index contributed by atoms with van der Waals surface area (Å²) in [7, 11) is 3.47. The van der Waals surface area contributed by atoms with E-state index in [0.29, 0.717) is 5.56 Å². The molecule has 0 aliphatic carbocycles. The highest BCUT2D eigenvalue weighted by atomic mass is 16.2. The highest BCUT2D eigenvalue weighted by molar-refractivity contribution is 5.93. The number of pyridine rings is 1. The molecule has 1 amide bonds. The predicted octanol–water partition coefficient (Wildman–Crippen LogP) is 1.10.